The molecule has 0 aliphatic heterocycles. The molecule has 0 fully saturated rings. The minimum absolute atomic E-state index is 0.117. The van der Waals surface area contributed by atoms with E-state index in [0.29, 0.717) is 0 Å². The third-order valence-corrected chi connectivity index (χ3v) is 3.27. The van der Waals surface area contributed by atoms with Gasteiger partial charge in [0.15, 0.2) is 16.9 Å². The van der Waals surface area contributed by atoms with Gasteiger partial charge in [0.2, 0.25) is 0 Å². The summed E-state index contributed by atoms with van der Waals surface area (Å²) in [5, 5.41) is -2.24. The van der Waals surface area contributed by atoms with E-state index in [4.69, 9.17) is 16.3 Å². The number of hydrogen-bond donors (Lipinski definition) is 0. The summed E-state index contributed by atoms with van der Waals surface area (Å²) in [4.78, 5) is 0. The van der Waals surface area contributed by atoms with E-state index in [1.807, 2.05) is 6.07 Å². The van der Waals surface area contributed by atoms with Gasteiger partial charge < -0.3 is 4.74 Å². The lowest BCUT2D eigenvalue weighted by atomic mass is 10.1. The van der Waals surface area contributed by atoms with E-state index >= 15 is 0 Å². The average molecular weight is 319 g/mol. The van der Waals surface area contributed by atoms with E-state index in [1.165, 1.54) is 0 Å². The van der Waals surface area contributed by atoms with Crippen molar-refractivity contribution in [1.29, 1.82) is 0 Å². The smallest absolute Gasteiger partial charge is 0.408 e. The van der Waals surface area contributed by atoms with Crippen LogP contribution < -0.4 is 4.74 Å². The second kappa shape index (κ2) is 6.35. The first-order chi connectivity index (χ1) is 9.88. The van der Waals surface area contributed by atoms with Crippen LogP contribution in [0, 0.1) is 5.82 Å². The maximum atomic E-state index is 13.8. The van der Waals surface area contributed by atoms with Crippen molar-refractivity contribution in [3.8, 4) is 5.75 Å². The molecule has 2 aromatic carbocycles. The van der Waals surface area contributed by atoms with Crippen molar-refractivity contribution in [1.82, 2.24) is 0 Å². The number of ether oxygens (including phenoxy) is 1. The van der Waals surface area contributed by atoms with Gasteiger partial charge in [0.1, 0.15) is 6.61 Å². The lowest BCUT2D eigenvalue weighted by Crippen LogP contribution is -2.15. The van der Waals surface area contributed by atoms with Gasteiger partial charge in [-0.3, -0.25) is 0 Å². The molecule has 0 amide bonds. The third-order valence-electron chi connectivity index (χ3n) is 2.77. The lowest BCUT2D eigenvalue weighted by molar-refractivity contribution is -0.131. The van der Waals surface area contributed by atoms with Gasteiger partial charge >= 0.3 is 6.18 Å². The van der Waals surface area contributed by atoms with E-state index in [9.17, 15) is 17.6 Å². The molecule has 0 saturated heterocycles. The monoisotopic (exact) mass is 318 g/mol. The second-order valence-corrected chi connectivity index (χ2v) is 4.80. The number of rotatable bonds is 4. The summed E-state index contributed by atoms with van der Waals surface area (Å²) in [5.41, 5.74) is 0.472. The van der Waals surface area contributed by atoms with Crippen LogP contribution in [0.5, 0.6) is 5.75 Å². The van der Waals surface area contributed by atoms with E-state index in [1.54, 1.807) is 24.3 Å². The van der Waals surface area contributed by atoms with Gasteiger partial charge in [-0.1, -0.05) is 36.4 Å². The molecule has 0 bridgehead atoms. The summed E-state index contributed by atoms with van der Waals surface area (Å²) in [7, 11) is 0. The van der Waals surface area contributed by atoms with E-state index < -0.39 is 17.4 Å². The van der Waals surface area contributed by atoms with Crippen LogP contribution in [0.2, 0.25) is 0 Å². The summed E-state index contributed by atoms with van der Waals surface area (Å²) in [5.74, 6) is -0.994. The van der Waals surface area contributed by atoms with Crippen LogP contribution in [0.25, 0.3) is 0 Å². The van der Waals surface area contributed by atoms with Crippen molar-refractivity contribution in [2.75, 3.05) is 0 Å². The topological polar surface area (TPSA) is 9.23 Å². The van der Waals surface area contributed by atoms with Crippen molar-refractivity contribution in [3.05, 3.63) is 65.5 Å². The summed E-state index contributed by atoms with van der Waals surface area (Å²) in [6.07, 6.45) is -4.62. The normalized spacial score (nSPS) is 13.0. The second-order valence-electron chi connectivity index (χ2n) is 4.37. The zero-order valence-electron chi connectivity index (χ0n) is 10.7. The Hall–Kier alpha value is -1.75. The third kappa shape index (κ3) is 4.11. The Morgan fingerprint density at radius 2 is 1.71 bits per heavy atom. The zero-order valence-corrected chi connectivity index (χ0v) is 11.5. The maximum absolute atomic E-state index is 13.8. The highest BCUT2D eigenvalue weighted by Gasteiger charge is 2.39. The van der Waals surface area contributed by atoms with E-state index in [2.05, 4.69) is 0 Å². The van der Waals surface area contributed by atoms with E-state index in [-0.39, 0.29) is 17.9 Å². The number of halogens is 5. The molecule has 0 N–H and O–H groups in total. The fourth-order valence-corrected chi connectivity index (χ4v) is 1.85. The molecule has 0 aliphatic rings. The minimum Gasteiger partial charge on any atom is -0.486 e. The van der Waals surface area contributed by atoms with Gasteiger partial charge in [0.05, 0.1) is 0 Å². The van der Waals surface area contributed by atoms with Crippen LogP contribution in [0.15, 0.2) is 48.5 Å². The Bertz CT molecular complexity index is 598. The van der Waals surface area contributed by atoms with Crippen LogP contribution in [0.3, 0.4) is 0 Å². The fraction of sp³-hybridized carbons (Fsp3) is 0.200. The molecule has 112 valence electrons. The van der Waals surface area contributed by atoms with Crippen molar-refractivity contribution in [3.63, 3.8) is 0 Å². The fourth-order valence-electron chi connectivity index (χ4n) is 1.72. The highest BCUT2D eigenvalue weighted by atomic mass is 35.5. The molecular formula is C15H11ClF4O. The van der Waals surface area contributed by atoms with Crippen molar-refractivity contribution in [2.24, 2.45) is 0 Å². The highest BCUT2D eigenvalue weighted by molar-refractivity contribution is 6.21. The van der Waals surface area contributed by atoms with Crippen LogP contribution in [0.4, 0.5) is 17.6 Å². The molecule has 0 aromatic heterocycles. The van der Waals surface area contributed by atoms with Gasteiger partial charge in [-0.25, -0.2) is 4.39 Å². The molecule has 0 spiro atoms. The van der Waals surface area contributed by atoms with Crippen molar-refractivity contribution < 1.29 is 22.3 Å². The lowest BCUT2D eigenvalue weighted by Gasteiger charge is -2.15. The summed E-state index contributed by atoms with van der Waals surface area (Å²) < 4.78 is 56.3. The van der Waals surface area contributed by atoms with Crippen LogP contribution >= 0.6 is 11.6 Å². The molecule has 0 aliphatic carbocycles. The molecule has 6 heteroatoms. The summed E-state index contributed by atoms with van der Waals surface area (Å²) in [6, 6.07) is 12.0. The Kier molecular flexibility index (Phi) is 4.73. The molecule has 1 nitrogen and oxygen atoms in total. The molecule has 2 aromatic rings. The quantitative estimate of drug-likeness (QED) is 0.553. The predicted octanol–water partition coefficient (Wildman–Crippen LogP) is 5.25. The van der Waals surface area contributed by atoms with E-state index in [0.717, 1.165) is 23.8 Å². The zero-order chi connectivity index (χ0) is 15.5. The van der Waals surface area contributed by atoms with Gasteiger partial charge in [-0.2, -0.15) is 13.2 Å². The predicted molar refractivity (Wildman–Crippen MR) is 71.8 cm³/mol. The number of alkyl halides is 4. The van der Waals surface area contributed by atoms with Crippen LogP contribution in [-0.4, -0.2) is 6.18 Å². The highest BCUT2D eigenvalue weighted by Crippen LogP contribution is 2.39. The maximum Gasteiger partial charge on any atom is 0.408 e. The first-order valence-electron chi connectivity index (χ1n) is 6.05. The standard InChI is InChI=1S/C15H11ClF4O/c16-14(15(18,19)20)11-6-7-13(12(17)8-11)21-9-10-4-2-1-3-5-10/h1-8,14H,9H2. The van der Waals surface area contributed by atoms with Crippen LogP contribution in [-0.2, 0) is 6.61 Å². The van der Waals surface area contributed by atoms with Gasteiger partial charge in [-0.15, -0.1) is 11.6 Å². The largest absolute Gasteiger partial charge is 0.486 e. The van der Waals surface area contributed by atoms with Gasteiger partial charge in [0, 0.05) is 0 Å². The molecule has 1 atom stereocenters. The molecule has 0 saturated carbocycles. The van der Waals surface area contributed by atoms with Gasteiger partial charge in [-0.05, 0) is 23.3 Å². The number of benzene rings is 2. The Morgan fingerprint density at radius 1 is 1.05 bits per heavy atom. The molecule has 0 radical (unpaired) electrons. The van der Waals surface area contributed by atoms with Crippen molar-refractivity contribution in [2.45, 2.75) is 18.2 Å². The summed E-state index contributed by atoms with van der Waals surface area (Å²) >= 11 is 5.25. The Morgan fingerprint density at radius 3 is 2.29 bits per heavy atom. The molecule has 1 unspecified atom stereocenters. The number of hydrogen-bond acceptors (Lipinski definition) is 1. The molecule has 2 rings (SSSR count). The first kappa shape index (κ1) is 15.6. The molecular weight excluding hydrogens is 308 g/mol. The average Bonchev–Trinajstić information content (AvgIpc) is 2.45. The Labute approximate surface area is 124 Å². The molecule has 0 heterocycles. The Balaban J connectivity index is 2.09. The SMILES string of the molecule is Fc1cc(C(Cl)C(F)(F)F)ccc1OCc1ccccc1. The minimum atomic E-state index is -4.62. The van der Waals surface area contributed by atoms with Gasteiger partial charge in [0.25, 0.3) is 0 Å². The molecule has 21 heavy (non-hydrogen) atoms. The first-order valence-corrected chi connectivity index (χ1v) is 6.48. The summed E-state index contributed by atoms with van der Waals surface area (Å²) in [6.45, 7) is 0.126. The van der Waals surface area contributed by atoms with Crippen molar-refractivity contribution >= 4 is 11.6 Å². The van der Waals surface area contributed by atoms with Crippen LogP contribution in [0.1, 0.15) is 16.5 Å².